The van der Waals surface area contributed by atoms with Crippen LogP contribution in [0, 0.1) is 58.2 Å². The Hall–Kier alpha value is -0.313. The molecule has 4 fully saturated rings. The predicted molar refractivity (Wildman–Crippen MR) is 154 cm³/mol. The number of oxime groups is 1. The summed E-state index contributed by atoms with van der Waals surface area (Å²) in [4.78, 5) is 0. The lowest BCUT2D eigenvalue weighted by Gasteiger charge is -2.60. The van der Waals surface area contributed by atoms with Crippen molar-refractivity contribution in [1.82, 2.24) is 0 Å². The average Bonchev–Trinajstić information content (AvgIpc) is 3.14. The molecule has 202 valence electrons. The van der Waals surface area contributed by atoms with E-state index in [9.17, 15) is 0 Å². The zero-order chi connectivity index (χ0) is 25.6. The first-order valence-electron chi connectivity index (χ1n) is 15.6. The summed E-state index contributed by atoms with van der Waals surface area (Å²) in [6, 6.07) is 0. The van der Waals surface area contributed by atoms with Crippen molar-refractivity contribution in [3.63, 3.8) is 0 Å². The first-order valence-corrected chi connectivity index (χ1v) is 19.0. The summed E-state index contributed by atoms with van der Waals surface area (Å²) in [7, 11) is -1.58. The fourth-order valence-corrected chi connectivity index (χ4v) is 10.4. The molecule has 0 radical (unpaired) electrons. The van der Waals surface area contributed by atoms with Gasteiger partial charge in [-0.3, -0.25) is 0 Å². The van der Waals surface area contributed by atoms with Crippen LogP contribution in [0.15, 0.2) is 5.16 Å². The molecule has 0 amide bonds. The minimum Gasteiger partial charge on any atom is -0.456 e. The Bertz CT molecular complexity index is 755. The third kappa shape index (κ3) is 5.46. The Balaban J connectivity index is 1.42. The number of rotatable bonds is 8. The van der Waals surface area contributed by atoms with Crippen molar-refractivity contribution in [1.29, 1.82) is 0 Å². The van der Waals surface area contributed by atoms with Crippen molar-refractivity contribution in [2.75, 3.05) is 0 Å². The maximum atomic E-state index is 5.97. The smallest absolute Gasteiger partial charge is 0.278 e. The topological polar surface area (TPSA) is 21.6 Å². The first kappa shape index (κ1) is 27.7. The maximum Gasteiger partial charge on any atom is 0.278 e. The van der Waals surface area contributed by atoms with Crippen LogP contribution in [0.5, 0.6) is 0 Å². The molecule has 8 unspecified atom stereocenters. The molecule has 0 N–H and O–H groups in total. The molecule has 2 nitrogen and oxygen atoms in total. The van der Waals surface area contributed by atoms with Crippen LogP contribution in [0.4, 0.5) is 0 Å². The van der Waals surface area contributed by atoms with Gasteiger partial charge in [-0.05, 0) is 142 Å². The number of fused-ring (bicyclic) bond motifs is 5. The van der Waals surface area contributed by atoms with Crippen molar-refractivity contribution in [2.24, 2.45) is 63.3 Å². The van der Waals surface area contributed by atoms with Crippen molar-refractivity contribution in [2.45, 2.75) is 138 Å². The molecule has 0 aromatic carbocycles. The molecule has 3 heteroatoms. The number of hydrogen-bond donors (Lipinski definition) is 0. The molecule has 4 saturated carbocycles. The maximum absolute atomic E-state index is 5.97. The molecule has 9 atom stereocenters. The molecule has 0 aliphatic heterocycles. The highest BCUT2D eigenvalue weighted by molar-refractivity contribution is 6.69. The Morgan fingerprint density at radius 1 is 0.914 bits per heavy atom. The van der Waals surface area contributed by atoms with E-state index in [4.69, 9.17) is 9.68 Å². The van der Waals surface area contributed by atoms with Gasteiger partial charge in [0.2, 0.25) is 0 Å². The van der Waals surface area contributed by atoms with Crippen LogP contribution in [0.3, 0.4) is 0 Å². The summed E-state index contributed by atoms with van der Waals surface area (Å²) in [5, 5.41) is 4.70. The van der Waals surface area contributed by atoms with E-state index in [0.29, 0.717) is 10.8 Å². The molecule has 0 aromatic rings. The van der Waals surface area contributed by atoms with Gasteiger partial charge >= 0.3 is 0 Å². The van der Waals surface area contributed by atoms with Gasteiger partial charge in [0, 0.05) is 0 Å². The molecular weight excluding hydrogens is 442 g/mol. The van der Waals surface area contributed by atoms with Gasteiger partial charge in [0.05, 0.1) is 5.71 Å². The first-order chi connectivity index (χ1) is 16.4. The fraction of sp³-hybridized carbons (Fsp3) is 0.969. The Morgan fingerprint density at radius 2 is 1.63 bits per heavy atom. The van der Waals surface area contributed by atoms with E-state index in [0.717, 1.165) is 47.3 Å². The highest BCUT2D eigenvalue weighted by Crippen LogP contribution is 2.68. The minimum atomic E-state index is -1.58. The summed E-state index contributed by atoms with van der Waals surface area (Å²) in [5.41, 5.74) is 2.52. The van der Waals surface area contributed by atoms with Crippen molar-refractivity contribution < 1.29 is 4.53 Å². The van der Waals surface area contributed by atoms with Crippen LogP contribution < -0.4 is 0 Å². The molecule has 4 rings (SSSR count). The van der Waals surface area contributed by atoms with Gasteiger partial charge in [0.25, 0.3) is 8.32 Å². The van der Waals surface area contributed by atoms with Gasteiger partial charge in [0.1, 0.15) is 0 Å². The van der Waals surface area contributed by atoms with Gasteiger partial charge in [-0.15, -0.1) is 5.16 Å². The lowest BCUT2D eigenvalue weighted by atomic mass is 9.44. The van der Waals surface area contributed by atoms with E-state index < -0.39 is 8.32 Å². The third-order valence-corrected chi connectivity index (χ3v) is 12.8. The lowest BCUT2D eigenvalue weighted by molar-refractivity contribution is -0.105. The molecule has 35 heavy (non-hydrogen) atoms. The predicted octanol–water partition coefficient (Wildman–Crippen LogP) is 9.95. The molecule has 0 saturated heterocycles. The summed E-state index contributed by atoms with van der Waals surface area (Å²) < 4.78 is 5.97. The molecular formula is C32H59NOSi. The van der Waals surface area contributed by atoms with Gasteiger partial charge in [-0.1, -0.05) is 54.4 Å². The quantitative estimate of drug-likeness (QED) is 0.239. The highest BCUT2D eigenvalue weighted by atomic mass is 28.4. The number of hydrogen-bond acceptors (Lipinski definition) is 2. The lowest BCUT2D eigenvalue weighted by Crippen LogP contribution is -2.53. The van der Waals surface area contributed by atoms with Crippen LogP contribution in [-0.4, -0.2) is 14.0 Å². The van der Waals surface area contributed by atoms with Crippen LogP contribution >= 0.6 is 0 Å². The molecule has 0 heterocycles. The Kier molecular flexibility index (Phi) is 8.27. The van der Waals surface area contributed by atoms with Crippen LogP contribution in [0.2, 0.25) is 19.6 Å². The van der Waals surface area contributed by atoms with E-state index in [-0.39, 0.29) is 0 Å². The van der Waals surface area contributed by atoms with Crippen molar-refractivity contribution in [3.8, 4) is 0 Å². The molecule has 0 spiro atoms. The third-order valence-electron chi connectivity index (χ3n) is 12.2. The van der Waals surface area contributed by atoms with E-state index in [1.807, 2.05) is 0 Å². The minimum absolute atomic E-state index is 0.539. The summed E-state index contributed by atoms with van der Waals surface area (Å²) in [6.07, 6.45) is 16.9. The van der Waals surface area contributed by atoms with Crippen LogP contribution in [0.25, 0.3) is 0 Å². The summed E-state index contributed by atoms with van der Waals surface area (Å²) in [6.45, 7) is 22.1. The normalized spacial score (nSPS) is 42.3. The van der Waals surface area contributed by atoms with E-state index in [2.05, 4.69) is 61.2 Å². The fourth-order valence-electron chi connectivity index (χ4n) is 10.0. The van der Waals surface area contributed by atoms with Gasteiger partial charge in [-0.2, -0.15) is 0 Å². The summed E-state index contributed by atoms with van der Waals surface area (Å²) in [5.74, 6) is 7.40. The van der Waals surface area contributed by atoms with Gasteiger partial charge in [0.15, 0.2) is 0 Å². The molecule has 4 aliphatic carbocycles. The number of nitrogens with zero attached hydrogens (tertiary/aromatic N) is 1. The van der Waals surface area contributed by atoms with Gasteiger partial charge in [-0.25, -0.2) is 0 Å². The largest absolute Gasteiger partial charge is 0.456 e. The second-order valence-corrected chi connectivity index (χ2v) is 19.8. The van der Waals surface area contributed by atoms with Gasteiger partial charge < -0.3 is 4.53 Å². The second-order valence-electron chi connectivity index (χ2n) is 15.4. The van der Waals surface area contributed by atoms with Crippen molar-refractivity contribution >= 4 is 14.0 Å². The highest BCUT2D eigenvalue weighted by Gasteiger charge is 2.60. The van der Waals surface area contributed by atoms with E-state index in [1.165, 1.54) is 82.8 Å². The SMILES string of the molecule is CCC(CCC(C)C1CCC2C3CC[C@@H]4C/C(=N/O[Si](C)(C)C)CCC4(C)C3CCC12C)C(C)C. The van der Waals surface area contributed by atoms with E-state index >= 15 is 0 Å². The monoisotopic (exact) mass is 501 g/mol. The Morgan fingerprint density at radius 3 is 2.29 bits per heavy atom. The van der Waals surface area contributed by atoms with Crippen LogP contribution in [-0.2, 0) is 4.53 Å². The zero-order valence-corrected chi connectivity index (χ0v) is 26.0. The van der Waals surface area contributed by atoms with E-state index in [1.54, 1.807) is 0 Å². The second kappa shape index (κ2) is 10.5. The van der Waals surface area contributed by atoms with Crippen molar-refractivity contribution in [3.05, 3.63) is 0 Å². The average molecular weight is 502 g/mol. The molecule has 0 bridgehead atoms. The summed E-state index contributed by atoms with van der Waals surface area (Å²) >= 11 is 0. The van der Waals surface area contributed by atoms with Crippen LogP contribution in [0.1, 0.15) is 119 Å². The zero-order valence-electron chi connectivity index (χ0n) is 25.0. The standard InChI is InChI=1S/C32H59NOSi/c1-10-24(22(2)3)12-11-23(4)28-15-16-29-27-14-13-25-21-26(33-34-35(7,8)9)17-19-31(25,5)30(27)18-20-32(28,29)6/h22-25,27-30H,10-21H2,1-9H3/b33-26+/t23?,24?,25-,27?,28?,29?,30?,31?,32?/m1/s1. The molecule has 0 aromatic heterocycles. The molecule has 4 aliphatic rings. The Labute approximate surface area is 219 Å².